The fourth-order valence-electron chi connectivity index (χ4n) is 2.47. The van der Waals surface area contributed by atoms with Crippen LogP contribution < -0.4 is 19.7 Å². The molecule has 1 aromatic heterocycles. The van der Waals surface area contributed by atoms with Gasteiger partial charge in [0.25, 0.3) is 5.91 Å². The van der Waals surface area contributed by atoms with Gasteiger partial charge >= 0.3 is 0 Å². The quantitative estimate of drug-likeness (QED) is 0.809. The number of pyridine rings is 1. The van der Waals surface area contributed by atoms with E-state index >= 15 is 0 Å². The van der Waals surface area contributed by atoms with Crippen molar-refractivity contribution in [3.05, 3.63) is 41.2 Å². The lowest BCUT2D eigenvalue weighted by Gasteiger charge is -2.21. The fraction of sp³-hybridized carbons (Fsp3) is 0.333. The highest BCUT2D eigenvalue weighted by Crippen LogP contribution is 2.36. The monoisotopic (exact) mass is 363 g/mol. The maximum absolute atomic E-state index is 12.6. The van der Waals surface area contributed by atoms with Crippen molar-refractivity contribution in [1.82, 2.24) is 4.98 Å². The van der Waals surface area contributed by atoms with Gasteiger partial charge in [0.2, 0.25) is 0 Å². The van der Waals surface area contributed by atoms with Crippen LogP contribution in [0.5, 0.6) is 11.5 Å². The number of methoxy groups -OCH3 is 2. The second-order valence-electron chi connectivity index (χ2n) is 5.21. The average molecular weight is 364 g/mol. The van der Waals surface area contributed by atoms with Gasteiger partial charge in [-0.3, -0.25) is 9.78 Å². The zero-order valence-corrected chi connectivity index (χ0v) is 15.6. The summed E-state index contributed by atoms with van der Waals surface area (Å²) in [6.07, 6.45) is 1.63. The zero-order chi connectivity index (χ0) is 18.4. The number of anilines is 2. The van der Waals surface area contributed by atoms with Crippen molar-refractivity contribution < 1.29 is 14.3 Å². The summed E-state index contributed by atoms with van der Waals surface area (Å²) < 4.78 is 10.5. The molecule has 0 aliphatic carbocycles. The van der Waals surface area contributed by atoms with Gasteiger partial charge in [-0.15, -0.1) is 0 Å². The molecule has 0 aliphatic heterocycles. The van der Waals surface area contributed by atoms with E-state index in [1.807, 2.05) is 6.07 Å². The van der Waals surface area contributed by atoms with Crippen molar-refractivity contribution >= 4 is 28.9 Å². The molecule has 0 bridgehead atoms. The molecule has 1 amide bonds. The van der Waals surface area contributed by atoms with Crippen LogP contribution in [0.1, 0.15) is 24.3 Å². The Morgan fingerprint density at radius 1 is 1.16 bits per heavy atom. The summed E-state index contributed by atoms with van der Waals surface area (Å²) in [5.74, 6) is 0.554. The minimum absolute atomic E-state index is 0.320. The van der Waals surface area contributed by atoms with Crippen LogP contribution in [0.2, 0.25) is 5.02 Å². The Bertz CT molecular complexity index is 748. The first kappa shape index (κ1) is 18.9. The molecule has 0 radical (unpaired) electrons. The van der Waals surface area contributed by atoms with Gasteiger partial charge in [0.05, 0.1) is 24.9 Å². The fourth-order valence-corrected chi connectivity index (χ4v) is 2.70. The molecule has 134 valence electrons. The highest BCUT2D eigenvalue weighted by atomic mass is 35.5. The topological polar surface area (TPSA) is 63.7 Å². The van der Waals surface area contributed by atoms with Crippen LogP contribution in [-0.2, 0) is 0 Å². The zero-order valence-electron chi connectivity index (χ0n) is 14.8. The van der Waals surface area contributed by atoms with Crippen LogP contribution >= 0.6 is 11.6 Å². The molecule has 0 unspecified atom stereocenters. The van der Waals surface area contributed by atoms with Crippen LogP contribution in [0, 0.1) is 0 Å². The van der Waals surface area contributed by atoms with Crippen LogP contribution in [0.15, 0.2) is 30.5 Å². The second kappa shape index (κ2) is 8.58. The third-order valence-electron chi connectivity index (χ3n) is 3.83. The summed E-state index contributed by atoms with van der Waals surface area (Å²) >= 11 is 6.09. The Morgan fingerprint density at radius 3 is 2.44 bits per heavy atom. The summed E-state index contributed by atoms with van der Waals surface area (Å²) in [7, 11) is 3.02. The highest BCUT2D eigenvalue weighted by Gasteiger charge is 2.15. The molecule has 1 heterocycles. The van der Waals surface area contributed by atoms with E-state index in [0.29, 0.717) is 27.9 Å². The molecule has 0 spiro atoms. The molecule has 2 aromatic rings. The maximum atomic E-state index is 12.6. The number of carbonyl (C=O) groups excluding carboxylic acids is 1. The molecule has 0 saturated carbocycles. The summed E-state index contributed by atoms with van der Waals surface area (Å²) in [4.78, 5) is 18.9. The van der Waals surface area contributed by atoms with Crippen LogP contribution in [0.3, 0.4) is 0 Å². The van der Waals surface area contributed by atoms with E-state index in [1.54, 1.807) is 24.4 Å². The minimum atomic E-state index is -0.336. The molecular weight excluding hydrogens is 342 g/mol. The Labute approximate surface area is 152 Å². The number of nitrogens with one attached hydrogen (secondary N) is 1. The Kier molecular flexibility index (Phi) is 6.47. The molecule has 2 rings (SSSR count). The number of nitrogens with zero attached hydrogens (tertiary/aromatic N) is 2. The van der Waals surface area contributed by atoms with Gasteiger partial charge in [0, 0.05) is 37.1 Å². The first-order valence-corrected chi connectivity index (χ1v) is 8.35. The molecule has 25 heavy (non-hydrogen) atoms. The number of aromatic nitrogens is 1. The lowest BCUT2D eigenvalue weighted by molar-refractivity contribution is 0.102. The number of hydrogen-bond donors (Lipinski definition) is 1. The third kappa shape index (κ3) is 4.33. The van der Waals surface area contributed by atoms with Gasteiger partial charge < -0.3 is 19.7 Å². The van der Waals surface area contributed by atoms with E-state index in [2.05, 4.69) is 29.0 Å². The Morgan fingerprint density at radius 2 is 1.84 bits per heavy atom. The lowest BCUT2D eigenvalue weighted by atomic mass is 10.2. The Hall–Kier alpha value is -2.47. The van der Waals surface area contributed by atoms with Crippen molar-refractivity contribution in [2.24, 2.45) is 0 Å². The average Bonchev–Trinajstić information content (AvgIpc) is 2.64. The van der Waals surface area contributed by atoms with Crippen molar-refractivity contribution in [3.8, 4) is 11.5 Å². The molecule has 0 fully saturated rings. The molecule has 6 nitrogen and oxygen atoms in total. The van der Waals surface area contributed by atoms with E-state index < -0.39 is 0 Å². The standard InChI is InChI=1S/C18H22ClN3O3/c1-5-22(6-2)12-7-8-20-15(9-12)18(23)21-14-11-16(24-3)13(19)10-17(14)25-4/h7-11H,5-6H2,1-4H3,(H,21,23). The summed E-state index contributed by atoms with van der Waals surface area (Å²) in [6, 6.07) is 6.86. The van der Waals surface area contributed by atoms with Crippen molar-refractivity contribution in [2.45, 2.75) is 13.8 Å². The number of amides is 1. The van der Waals surface area contributed by atoms with Crippen molar-refractivity contribution in [3.63, 3.8) is 0 Å². The third-order valence-corrected chi connectivity index (χ3v) is 4.12. The molecule has 0 atom stereocenters. The predicted octanol–water partition coefficient (Wildman–Crippen LogP) is 3.85. The van der Waals surface area contributed by atoms with Crippen molar-refractivity contribution in [2.75, 3.05) is 37.5 Å². The second-order valence-corrected chi connectivity index (χ2v) is 5.62. The lowest BCUT2D eigenvalue weighted by Crippen LogP contribution is -2.23. The van der Waals surface area contributed by atoms with Crippen LogP contribution in [-0.4, -0.2) is 38.2 Å². The number of ether oxygens (including phenoxy) is 2. The molecule has 7 heteroatoms. The molecule has 1 N–H and O–H groups in total. The minimum Gasteiger partial charge on any atom is -0.495 e. The highest BCUT2D eigenvalue weighted by molar-refractivity contribution is 6.32. The van der Waals surface area contributed by atoms with Gasteiger partial charge in [-0.2, -0.15) is 0 Å². The van der Waals surface area contributed by atoms with E-state index in [1.165, 1.54) is 14.2 Å². The number of rotatable bonds is 7. The first-order chi connectivity index (χ1) is 12.0. The van der Waals surface area contributed by atoms with E-state index in [4.69, 9.17) is 21.1 Å². The maximum Gasteiger partial charge on any atom is 0.274 e. The van der Waals surface area contributed by atoms with E-state index in [-0.39, 0.29) is 5.91 Å². The van der Waals surface area contributed by atoms with Crippen LogP contribution in [0.25, 0.3) is 0 Å². The largest absolute Gasteiger partial charge is 0.495 e. The number of hydrogen-bond acceptors (Lipinski definition) is 5. The van der Waals surface area contributed by atoms with E-state index in [0.717, 1.165) is 18.8 Å². The van der Waals surface area contributed by atoms with Gasteiger partial charge in [-0.25, -0.2) is 0 Å². The summed E-state index contributed by atoms with van der Waals surface area (Å²) in [5.41, 5.74) is 1.73. The first-order valence-electron chi connectivity index (χ1n) is 7.97. The smallest absolute Gasteiger partial charge is 0.274 e. The summed E-state index contributed by atoms with van der Waals surface area (Å²) in [6.45, 7) is 5.83. The Balaban J connectivity index is 2.29. The van der Waals surface area contributed by atoms with Gasteiger partial charge in [-0.1, -0.05) is 11.6 Å². The summed E-state index contributed by atoms with van der Waals surface area (Å²) in [5, 5.41) is 3.20. The number of benzene rings is 1. The SMILES string of the molecule is CCN(CC)c1ccnc(C(=O)Nc2cc(OC)c(Cl)cc2OC)c1. The van der Waals surface area contributed by atoms with E-state index in [9.17, 15) is 4.79 Å². The predicted molar refractivity (Wildman–Crippen MR) is 100 cm³/mol. The van der Waals surface area contributed by atoms with Gasteiger partial charge in [0.1, 0.15) is 17.2 Å². The molecular formula is C18H22ClN3O3. The molecule has 0 saturated heterocycles. The molecule has 1 aromatic carbocycles. The molecule has 0 aliphatic rings. The number of carbonyl (C=O) groups is 1. The van der Waals surface area contributed by atoms with Crippen molar-refractivity contribution in [1.29, 1.82) is 0 Å². The normalized spacial score (nSPS) is 10.3. The van der Waals surface area contributed by atoms with Gasteiger partial charge in [-0.05, 0) is 26.0 Å². The van der Waals surface area contributed by atoms with Crippen LogP contribution in [0.4, 0.5) is 11.4 Å². The van der Waals surface area contributed by atoms with Gasteiger partial charge in [0.15, 0.2) is 0 Å². The number of halogens is 1.